The Morgan fingerprint density at radius 2 is 2.05 bits per heavy atom. The predicted octanol–water partition coefficient (Wildman–Crippen LogP) is 2.08. The highest BCUT2D eigenvalue weighted by atomic mass is 16.5. The van der Waals surface area contributed by atoms with Gasteiger partial charge in [-0.15, -0.1) is 0 Å². The SMILES string of the molecule is C[C@H]1[C@H](C)CCC[C@@H]1NC(=O)CN[C@H](C)[C@H]1CCCO1. The second-order valence-corrected chi connectivity index (χ2v) is 6.66. The lowest BCUT2D eigenvalue weighted by Gasteiger charge is -2.34. The van der Waals surface area contributed by atoms with E-state index in [1.54, 1.807) is 0 Å². The fraction of sp³-hybridized carbons (Fsp3) is 0.938. The molecule has 0 aromatic rings. The van der Waals surface area contributed by atoms with Crippen molar-refractivity contribution in [3.8, 4) is 0 Å². The molecule has 1 aliphatic heterocycles. The second kappa shape index (κ2) is 7.41. The average Bonchev–Trinajstić information content (AvgIpc) is 2.95. The highest BCUT2D eigenvalue weighted by Gasteiger charge is 2.28. The largest absolute Gasteiger partial charge is 0.377 e. The first-order chi connectivity index (χ1) is 9.58. The molecule has 0 bridgehead atoms. The van der Waals surface area contributed by atoms with Gasteiger partial charge >= 0.3 is 0 Å². The van der Waals surface area contributed by atoms with Crippen LogP contribution in [0.4, 0.5) is 0 Å². The minimum atomic E-state index is 0.126. The summed E-state index contributed by atoms with van der Waals surface area (Å²) >= 11 is 0. The van der Waals surface area contributed by atoms with E-state index >= 15 is 0 Å². The molecule has 2 aliphatic rings. The van der Waals surface area contributed by atoms with Crippen LogP contribution in [-0.4, -0.2) is 37.2 Å². The smallest absolute Gasteiger partial charge is 0.234 e. The van der Waals surface area contributed by atoms with Crippen LogP contribution in [0.15, 0.2) is 0 Å². The minimum absolute atomic E-state index is 0.126. The van der Waals surface area contributed by atoms with E-state index in [2.05, 4.69) is 31.4 Å². The molecule has 0 unspecified atom stereocenters. The van der Waals surface area contributed by atoms with Crippen LogP contribution in [0.2, 0.25) is 0 Å². The summed E-state index contributed by atoms with van der Waals surface area (Å²) in [5, 5.41) is 6.51. The van der Waals surface area contributed by atoms with E-state index in [-0.39, 0.29) is 18.1 Å². The Balaban J connectivity index is 1.69. The van der Waals surface area contributed by atoms with Crippen molar-refractivity contribution in [2.45, 2.75) is 71.1 Å². The van der Waals surface area contributed by atoms with E-state index in [4.69, 9.17) is 4.74 Å². The maximum absolute atomic E-state index is 12.1. The number of nitrogens with one attached hydrogen (secondary N) is 2. The highest BCUT2D eigenvalue weighted by Crippen LogP contribution is 2.29. The lowest BCUT2D eigenvalue weighted by molar-refractivity contribution is -0.121. The van der Waals surface area contributed by atoms with Gasteiger partial charge in [-0.1, -0.05) is 26.7 Å². The Morgan fingerprint density at radius 1 is 1.25 bits per heavy atom. The monoisotopic (exact) mass is 282 g/mol. The van der Waals surface area contributed by atoms with Gasteiger partial charge in [0.05, 0.1) is 12.6 Å². The molecule has 20 heavy (non-hydrogen) atoms. The number of ether oxygens (including phenoxy) is 1. The van der Waals surface area contributed by atoms with Crippen LogP contribution in [0.1, 0.15) is 52.9 Å². The first-order valence-electron chi connectivity index (χ1n) is 8.22. The Kier molecular flexibility index (Phi) is 5.85. The molecule has 0 aromatic heterocycles. The summed E-state index contributed by atoms with van der Waals surface area (Å²) in [5.74, 6) is 1.43. The van der Waals surface area contributed by atoms with Gasteiger partial charge in [0.1, 0.15) is 0 Å². The van der Waals surface area contributed by atoms with Gasteiger partial charge in [0, 0.05) is 18.7 Å². The molecule has 1 amide bonds. The molecule has 2 N–H and O–H groups in total. The van der Waals surface area contributed by atoms with Crippen molar-refractivity contribution in [2.24, 2.45) is 11.8 Å². The topological polar surface area (TPSA) is 50.4 Å². The fourth-order valence-electron chi connectivity index (χ4n) is 3.43. The number of hydrogen-bond acceptors (Lipinski definition) is 3. The molecule has 2 fully saturated rings. The third kappa shape index (κ3) is 4.19. The summed E-state index contributed by atoms with van der Waals surface area (Å²) in [4.78, 5) is 12.1. The Bertz CT molecular complexity index is 316. The summed E-state index contributed by atoms with van der Waals surface area (Å²) in [6, 6.07) is 0.608. The molecule has 1 saturated carbocycles. The lowest BCUT2D eigenvalue weighted by atomic mass is 9.78. The first kappa shape index (κ1) is 15.8. The normalized spacial score (nSPS) is 35.8. The van der Waals surface area contributed by atoms with Crippen molar-refractivity contribution >= 4 is 5.91 Å². The van der Waals surface area contributed by atoms with Crippen LogP contribution in [0.3, 0.4) is 0 Å². The Hall–Kier alpha value is -0.610. The fourth-order valence-corrected chi connectivity index (χ4v) is 3.43. The molecule has 4 nitrogen and oxygen atoms in total. The van der Waals surface area contributed by atoms with Crippen LogP contribution < -0.4 is 10.6 Å². The van der Waals surface area contributed by atoms with Crippen LogP contribution in [0.25, 0.3) is 0 Å². The third-order valence-electron chi connectivity index (χ3n) is 5.16. The maximum atomic E-state index is 12.1. The van der Waals surface area contributed by atoms with Crippen LogP contribution in [0.5, 0.6) is 0 Å². The number of carbonyl (C=O) groups is 1. The molecular formula is C16H30N2O2. The van der Waals surface area contributed by atoms with Gasteiger partial charge in [-0.25, -0.2) is 0 Å². The van der Waals surface area contributed by atoms with Crippen molar-refractivity contribution in [1.82, 2.24) is 10.6 Å². The second-order valence-electron chi connectivity index (χ2n) is 6.66. The molecule has 4 heteroatoms. The summed E-state index contributed by atoms with van der Waals surface area (Å²) < 4.78 is 5.63. The van der Waals surface area contributed by atoms with Crippen molar-refractivity contribution < 1.29 is 9.53 Å². The van der Waals surface area contributed by atoms with E-state index < -0.39 is 0 Å². The quantitative estimate of drug-likeness (QED) is 0.812. The zero-order valence-corrected chi connectivity index (χ0v) is 13.2. The van der Waals surface area contributed by atoms with E-state index in [1.807, 2.05) is 0 Å². The molecule has 2 rings (SSSR count). The Labute approximate surface area is 123 Å². The number of amides is 1. The molecule has 116 valence electrons. The zero-order chi connectivity index (χ0) is 14.5. The maximum Gasteiger partial charge on any atom is 0.234 e. The molecule has 1 heterocycles. The molecule has 0 radical (unpaired) electrons. The van der Waals surface area contributed by atoms with E-state index in [0.717, 1.165) is 25.9 Å². The van der Waals surface area contributed by atoms with Crippen molar-refractivity contribution in [3.05, 3.63) is 0 Å². The first-order valence-corrected chi connectivity index (χ1v) is 8.22. The van der Waals surface area contributed by atoms with E-state index in [9.17, 15) is 4.79 Å². The van der Waals surface area contributed by atoms with Gasteiger partial charge in [0.25, 0.3) is 0 Å². The van der Waals surface area contributed by atoms with Gasteiger partial charge in [-0.2, -0.15) is 0 Å². The molecule has 0 spiro atoms. The number of rotatable bonds is 5. The van der Waals surface area contributed by atoms with E-state index in [0.29, 0.717) is 24.4 Å². The van der Waals surface area contributed by atoms with Gasteiger partial charge in [-0.3, -0.25) is 4.79 Å². The molecule has 1 aliphatic carbocycles. The minimum Gasteiger partial charge on any atom is -0.377 e. The lowest BCUT2D eigenvalue weighted by Crippen LogP contribution is -2.49. The molecule has 1 saturated heterocycles. The van der Waals surface area contributed by atoms with Crippen LogP contribution >= 0.6 is 0 Å². The van der Waals surface area contributed by atoms with Gasteiger partial charge in [0.2, 0.25) is 5.91 Å². The van der Waals surface area contributed by atoms with Crippen molar-refractivity contribution in [1.29, 1.82) is 0 Å². The molecule has 0 aromatic carbocycles. The third-order valence-corrected chi connectivity index (χ3v) is 5.16. The summed E-state index contributed by atoms with van der Waals surface area (Å²) in [6.07, 6.45) is 6.17. The van der Waals surface area contributed by atoms with Crippen molar-refractivity contribution in [2.75, 3.05) is 13.2 Å². The van der Waals surface area contributed by atoms with Gasteiger partial charge in [-0.05, 0) is 38.0 Å². The average molecular weight is 282 g/mol. The predicted molar refractivity (Wildman–Crippen MR) is 80.5 cm³/mol. The van der Waals surface area contributed by atoms with Crippen molar-refractivity contribution in [3.63, 3.8) is 0 Å². The van der Waals surface area contributed by atoms with Crippen LogP contribution in [0, 0.1) is 11.8 Å². The summed E-state index contributed by atoms with van der Waals surface area (Å²) in [7, 11) is 0. The Morgan fingerprint density at radius 3 is 2.75 bits per heavy atom. The standard InChI is InChI=1S/C16H30N2O2/c1-11-6-4-7-14(12(11)2)18-16(19)10-17-13(3)15-8-5-9-20-15/h11-15,17H,4-10H2,1-3H3,(H,18,19)/t11-,12+,13-,14+,15-/m1/s1. The number of hydrogen-bond donors (Lipinski definition) is 2. The summed E-state index contributed by atoms with van der Waals surface area (Å²) in [6.45, 7) is 7.92. The summed E-state index contributed by atoms with van der Waals surface area (Å²) in [5.41, 5.74) is 0. The van der Waals surface area contributed by atoms with Gasteiger partial charge in [0.15, 0.2) is 0 Å². The van der Waals surface area contributed by atoms with E-state index in [1.165, 1.54) is 12.8 Å². The molecular weight excluding hydrogens is 252 g/mol. The zero-order valence-electron chi connectivity index (χ0n) is 13.2. The highest BCUT2D eigenvalue weighted by molar-refractivity contribution is 5.78. The van der Waals surface area contributed by atoms with Crippen LogP contribution in [-0.2, 0) is 9.53 Å². The van der Waals surface area contributed by atoms with Gasteiger partial charge < -0.3 is 15.4 Å². The molecule has 5 atom stereocenters. The number of carbonyl (C=O) groups excluding carboxylic acids is 1.